The molecule has 2 nitrogen and oxygen atoms in total. The smallest absolute Gasteiger partial charge is 0.109 e. The van der Waals surface area contributed by atoms with Crippen LogP contribution in [0.5, 0.6) is 0 Å². The Balaban J connectivity index is 2.21. The summed E-state index contributed by atoms with van der Waals surface area (Å²) in [7, 11) is 0. The molecular weight excluding hydrogens is 148 g/mol. The number of hydrogen-bond donors (Lipinski definition) is 0. The molecule has 1 aromatic rings. The predicted octanol–water partition coefficient (Wildman–Crippen LogP) is 1.88. The highest BCUT2D eigenvalue weighted by Crippen LogP contribution is 2.14. The lowest BCUT2D eigenvalue weighted by Crippen LogP contribution is -2.07. The number of benzene rings is 1. The Bertz CT molecular complexity index is 301. The van der Waals surface area contributed by atoms with Crippen molar-refractivity contribution in [1.29, 1.82) is 0 Å². The summed E-state index contributed by atoms with van der Waals surface area (Å²) in [4.78, 5) is 8.13. The van der Waals surface area contributed by atoms with Gasteiger partial charge in [-0.2, -0.15) is 0 Å². The zero-order chi connectivity index (χ0) is 8.23. The fourth-order valence-corrected chi connectivity index (χ4v) is 1.29. The van der Waals surface area contributed by atoms with Crippen LogP contribution in [0.2, 0.25) is 0 Å². The lowest BCUT2D eigenvalue weighted by molar-refractivity contribution is 0.896. The summed E-state index contributed by atoms with van der Waals surface area (Å²) in [6, 6.07) is 10.3. The minimum atomic E-state index is 0.371. The van der Waals surface area contributed by atoms with Crippen LogP contribution in [0.3, 0.4) is 0 Å². The summed E-state index contributed by atoms with van der Waals surface area (Å²) in [5.74, 6) is 0.371. The van der Waals surface area contributed by atoms with Gasteiger partial charge in [0.2, 0.25) is 0 Å². The van der Waals surface area contributed by atoms with Gasteiger partial charge in [0.05, 0.1) is 6.54 Å². The van der Waals surface area contributed by atoms with E-state index in [1.165, 1.54) is 5.56 Å². The predicted molar refractivity (Wildman–Crippen MR) is 51.0 cm³/mol. The third kappa shape index (κ3) is 1.42. The van der Waals surface area contributed by atoms with E-state index in [1.807, 2.05) is 24.4 Å². The van der Waals surface area contributed by atoms with E-state index >= 15 is 0 Å². The maximum Gasteiger partial charge on any atom is 0.109 e. The summed E-state index contributed by atoms with van der Waals surface area (Å²) >= 11 is 0. The van der Waals surface area contributed by atoms with Gasteiger partial charge in [-0.05, 0) is 5.56 Å². The highest BCUT2D eigenvalue weighted by Gasteiger charge is 2.08. The Morgan fingerprint density at radius 1 is 1.17 bits per heavy atom. The van der Waals surface area contributed by atoms with Crippen molar-refractivity contribution in [3.05, 3.63) is 35.9 Å². The molecule has 1 aliphatic heterocycles. The van der Waals surface area contributed by atoms with Gasteiger partial charge in [-0.15, -0.1) is 0 Å². The first-order chi connectivity index (χ1) is 5.97. The fourth-order valence-electron chi connectivity index (χ4n) is 1.29. The molecule has 0 amide bonds. The molecule has 1 atom stereocenters. The molecule has 2 heteroatoms. The average Bonchev–Trinajstić information content (AvgIpc) is 2.21. The van der Waals surface area contributed by atoms with Crippen molar-refractivity contribution >= 4 is 12.6 Å². The topological polar surface area (TPSA) is 24.7 Å². The summed E-state index contributed by atoms with van der Waals surface area (Å²) in [5.41, 5.74) is 1.29. The molecule has 1 heterocycles. The van der Waals surface area contributed by atoms with Crippen LogP contribution in [0.25, 0.3) is 0 Å². The number of hydrogen-bond acceptors (Lipinski definition) is 2. The van der Waals surface area contributed by atoms with E-state index in [0.717, 1.165) is 6.54 Å². The van der Waals surface area contributed by atoms with Crippen molar-refractivity contribution in [2.75, 3.05) is 6.54 Å². The molecule has 1 aromatic carbocycles. The van der Waals surface area contributed by atoms with Gasteiger partial charge in [-0.25, -0.2) is 4.99 Å². The lowest BCUT2D eigenvalue weighted by atomic mass is 10.0. The summed E-state index contributed by atoms with van der Waals surface area (Å²) < 4.78 is 0. The standard InChI is InChI=1S/C10H10N2/c1-2-4-9(5-3-1)10-6-11-8-12-7-10/h1-6,8,10H,7H2. The third-order valence-electron chi connectivity index (χ3n) is 1.94. The Hall–Kier alpha value is -1.44. The largest absolute Gasteiger partial charge is 0.272 e. The lowest BCUT2D eigenvalue weighted by Gasteiger charge is -2.10. The van der Waals surface area contributed by atoms with Crippen molar-refractivity contribution in [1.82, 2.24) is 0 Å². The van der Waals surface area contributed by atoms with Crippen LogP contribution in [-0.4, -0.2) is 19.1 Å². The van der Waals surface area contributed by atoms with Crippen molar-refractivity contribution in [2.24, 2.45) is 9.98 Å². The van der Waals surface area contributed by atoms with Crippen LogP contribution in [0, 0.1) is 0 Å². The second-order valence-electron chi connectivity index (χ2n) is 2.80. The van der Waals surface area contributed by atoms with Crippen LogP contribution >= 0.6 is 0 Å². The van der Waals surface area contributed by atoms with Gasteiger partial charge in [0.1, 0.15) is 6.34 Å². The molecular formula is C10H10N2. The van der Waals surface area contributed by atoms with Gasteiger partial charge in [0.15, 0.2) is 0 Å². The van der Waals surface area contributed by atoms with E-state index in [1.54, 1.807) is 6.34 Å². The van der Waals surface area contributed by atoms with E-state index in [2.05, 4.69) is 22.1 Å². The summed E-state index contributed by atoms with van der Waals surface area (Å²) in [5, 5.41) is 0. The number of rotatable bonds is 1. The van der Waals surface area contributed by atoms with Crippen LogP contribution in [-0.2, 0) is 0 Å². The molecule has 0 radical (unpaired) electrons. The highest BCUT2D eigenvalue weighted by atomic mass is 14.9. The first-order valence-electron chi connectivity index (χ1n) is 4.03. The van der Waals surface area contributed by atoms with E-state index in [4.69, 9.17) is 0 Å². The quantitative estimate of drug-likeness (QED) is 0.596. The molecule has 1 aliphatic rings. The van der Waals surface area contributed by atoms with Crippen molar-refractivity contribution < 1.29 is 0 Å². The van der Waals surface area contributed by atoms with Gasteiger partial charge in [0.25, 0.3) is 0 Å². The Morgan fingerprint density at radius 2 is 2.00 bits per heavy atom. The molecule has 0 aliphatic carbocycles. The Morgan fingerprint density at radius 3 is 2.67 bits per heavy atom. The normalized spacial score (nSPS) is 21.2. The average molecular weight is 158 g/mol. The van der Waals surface area contributed by atoms with Crippen LogP contribution in [0.4, 0.5) is 0 Å². The van der Waals surface area contributed by atoms with Crippen LogP contribution in [0.1, 0.15) is 11.5 Å². The van der Waals surface area contributed by atoms with Crippen molar-refractivity contribution in [3.63, 3.8) is 0 Å². The van der Waals surface area contributed by atoms with Crippen molar-refractivity contribution in [3.8, 4) is 0 Å². The molecule has 0 saturated heterocycles. The first kappa shape index (κ1) is 7.22. The molecule has 12 heavy (non-hydrogen) atoms. The van der Waals surface area contributed by atoms with Gasteiger partial charge in [-0.1, -0.05) is 30.3 Å². The van der Waals surface area contributed by atoms with Gasteiger partial charge in [0, 0.05) is 12.1 Å². The maximum absolute atomic E-state index is 4.11. The molecule has 60 valence electrons. The second-order valence-corrected chi connectivity index (χ2v) is 2.80. The molecule has 1 unspecified atom stereocenters. The summed E-state index contributed by atoms with van der Waals surface area (Å²) in [6.07, 6.45) is 3.56. The van der Waals surface area contributed by atoms with Gasteiger partial charge < -0.3 is 0 Å². The molecule has 2 rings (SSSR count). The summed E-state index contributed by atoms with van der Waals surface area (Å²) in [6.45, 7) is 0.827. The minimum absolute atomic E-state index is 0.371. The molecule has 0 spiro atoms. The van der Waals surface area contributed by atoms with Gasteiger partial charge in [-0.3, -0.25) is 4.99 Å². The molecule has 0 N–H and O–H groups in total. The van der Waals surface area contributed by atoms with E-state index in [-0.39, 0.29) is 0 Å². The minimum Gasteiger partial charge on any atom is -0.272 e. The van der Waals surface area contributed by atoms with Crippen molar-refractivity contribution in [2.45, 2.75) is 5.92 Å². The SMILES string of the molecule is C1=NC=NCC1c1ccccc1. The molecule has 0 fully saturated rings. The zero-order valence-corrected chi connectivity index (χ0v) is 6.72. The van der Waals surface area contributed by atoms with Crippen LogP contribution in [0.15, 0.2) is 40.3 Å². The number of aliphatic imine (C=N–C) groups is 2. The van der Waals surface area contributed by atoms with E-state index in [9.17, 15) is 0 Å². The van der Waals surface area contributed by atoms with Crippen LogP contribution < -0.4 is 0 Å². The monoisotopic (exact) mass is 158 g/mol. The Kier molecular flexibility index (Phi) is 1.99. The maximum atomic E-state index is 4.11. The van der Waals surface area contributed by atoms with E-state index in [0.29, 0.717) is 5.92 Å². The third-order valence-corrected chi connectivity index (χ3v) is 1.94. The number of nitrogens with zero attached hydrogens (tertiary/aromatic N) is 2. The molecule has 0 bridgehead atoms. The Labute approximate surface area is 71.7 Å². The zero-order valence-electron chi connectivity index (χ0n) is 6.72. The molecule has 0 aromatic heterocycles. The molecule has 0 saturated carbocycles. The van der Waals surface area contributed by atoms with E-state index < -0.39 is 0 Å². The second kappa shape index (κ2) is 3.30. The fraction of sp³-hybridized carbons (Fsp3) is 0.200. The first-order valence-corrected chi connectivity index (χ1v) is 4.03. The van der Waals surface area contributed by atoms with Gasteiger partial charge >= 0.3 is 0 Å². The highest BCUT2D eigenvalue weighted by molar-refractivity contribution is 5.79.